The molecule has 0 heterocycles. The number of rotatable bonds is 4. The number of esters is 2. The predicted molar refractivity (Wildman–Crippen MR) is 67.8 cm³/mol. The van der Waals surface area contributed by atoms with Crippen LogP contribution >= 0.6 is 0 Å². The highest BCUT2D eigenvalue weighted by atomic mass is 16.5. The number of hydrogen-bond donors (Lipinski definition) is 1. The average molecular weight is 265 g/mol. The predicted octanol–water partition coefficient (Wildman–Crippen LogP) is 1.15. The maximum atomic E-state index is 11.6. The lowest BCUT2D eigenvalue weighted by molar-refractivity contribution is -0.139. The van der Waals surface area contributed by atoms with E-state index in [0.717, 1.165) is 0 Å². The zero-order chi connectivity index (χ0) is 14.4. The van der Waals surface area contributed by atoms with E-state index < -0.39 is 11.9 Å². The lowest BCUT2D eigenvalue weighted by Crippen LogP contribution is -2.13. The second-order valence-corrected chi connectivity index (χ2v) is 3.80. The third-order valence-electron chi connectivity index (χ3n) is 2.39. The van der Waals surface area contributed by atoms with Gasteiger partial charge >= 0.3 is 11.9 Å². The molecule has 19 heavy (non-hydrogen) atoms. The van der Waals surface area contributed by atoms with E-state index in [1.165, 1.54) is 27.2 Å². The lowest BCUT2D eigenvalue weighted by Gasteiger charge is -2.10. The van der Waals surface area contributed by atoms with Crippen LogP contribution in [0.5, 0.6) is 0 Å². The molecule has 6 nitrogen and oxygen atoms in total. The molecule has 6 heteroatoms. The molecule has 0 radical (unpaired) electrons. The fraction of sp³-hybridized carbons (Fsp3) is 0.308. The Hall–Kier alpha value is -2.37. The van der Waals surface area contributed by atoms with Crippen molar-refractivity contribution in [3.05, 3.63) is 29.3 Å². The summed E-state index contributed by atoms with van der Waals surface area (Å²) < 4.78 is 9.20. The van der Waals surface area contributed by atoms with Gasteiger partial charge in [0.15, 0.2) is 0 Å². The normalized spacial score (nSPS) is 9.63. The maximum Gasteiger partial charge on any atom is 0.338 e. The molecular weight excluding hydrogens is 250 g/mol. The molecule has 0 saturated heterocycles. The van der Waals surface area contributed by atoms with Gasteiger partial charge in [0, 0.05) is 12.6 Å². The number of carbonyl (C=O) groups excluding carboxylic acids is 3. The van der Waals surface area contributed by atoms with Crippen molar-refractivity contribution in [1.29, 1.82) is 0 Å². The summed E-state index contributed by atoms with van der Waals surface area (Å²) in [7, 11) is 2.52. The molecule has 1 N–H and O–H groups in total. The van der Waals surface area contributed by atoms with Gasteiger partial charge in [-0.15, -0.1) is 0 Å². The minimum Gasteiger partial charge on any atom is -0.469 e. The molecule has 0 atom stereocenters. The molecule has 0 aliphatic rings. The van der Waals surface area contributed by atoms with Gasteiger partial charge < -0.3 is 14.8 Å². The molecule has 0 aliphatic carbocycles. The number of ether oxygens (including phenoxy) is 2. The van der Waals surface area contributed by atoms with Crippen molar-refractivity contribution in [2.75, 3.05) is 19.5 Å². The number of benzene rings is 1. The molecule has 0 saturated carbocycles. The molecule has 1 aromatic rings. The Morgan fingerprint density at radius 2 is 1.84 bits per heavy atom. The number of amides is 1. The van der Waals surface area contributed by atoms with Gasteiger partial charge in [0.25, 0.3) is 0 Å². The van der Waals surface area contributed by atoms with Crippen LogP contribution in [0.1, 0.15) is 22.8 Å². The molecule has 0 aliphatic heterocycles. The molecule has 102 valence electrons. The Labute approximate surface area is 110 Å². The van der Waals surface area contributed by atoms with Crippen molar-refractivity contribution in [3.8, 4) is 0 Å². The Bertz CT molecular complexity index is 510. The summed E-state index contributed by atoms with van der Waals surface area (Å²) in [6.45, 7) is 1.37. The molecular formula is C13H15NO5. The topological polar surface area (TPSA) is 81.7 Å². The minimum atomic E-state index is -0.548. The lowest BCUT2D eigenvalue weighted by atomic mass is 10.0. The zero-order valence-electron chi connectivity index (χ0n) is 11.0. The number of hydrogen-bond acceptors (Lipinski definition) is 5. The number of methoxy groups -OCH3 is 2. The van der Waals surface area contributed by atoms with Crippen molar-refractivity contribution < 1.29 is 23.9 Å². The molecule has 1 aromatic carbocycles. The van der Waals surface area contributed by atoms with Crippen LogP contribution in [0.2, 0.25) is 0 Å². The summed E-state index contributed by atoms with van der Waals surface area (Å²) in [5.41, 5.74) is 1.20. The van der Waals surface area contributed by atoms with Crippen molar-refractivity contribution in [1.82, 2.24) is 0 Å². The van der Waals surface area contributed by atoms with Gasteiger partial charge in [-0.2, -0.15) is 0 Å². The quantitative estimate of drug-likeness (QED) is 0.826. The van der Waals surface area contributed by atoms with Crippen LogP contribution in [0.4, 0.5) is 5.69 Å². The third-order valence-corrected chi connectivity index (χ3v) is 2.39. The van der Waals surface area contributed by atoms with E-state index >= 15 is 0 Å². The highest BCUT2D eigenvalue weighted by Crippen LogP contribution is 2.18. The van der Waals surface area contributed by atoms with E-state index in [0.29, 0.717) is 11.3 Å². The zero-order valence-corrected chi connectivity index (χ0v) is 11.0. The first-order chi connectivity index (χ1) is 8.97. The Balaban J connectivity index is 3.13. The monoisotopic (exact) mass is 265 g/mol. The van der Waals surface area contributed by atoms with Gasteiger partial charge in [-0.05, 0) is 23.8 Å². The van der Waals surface area contributed by atoms with Crippen LogP contribution in [0.15, 0.2) is 18.2 Å². The van der Waals surface area contributed by atoms with E-state index in [1.807, 2.05) is 0 Å². The summed E-state index contributed by atoms with van der Waals surface area (Å²) in [6, 6.07) is 4.61. The minimum absolute atomic E-state index is 0.0750. The highest BCUT2D eigenvalue weighted by molar-refractivity contribution is 5.94. The standard InChI is InChI=1S/C13H15NO5/c1-8(15)14-10-4-5-11(13(17)19-3)9(6-10)7-12(16)18-2/h4-6H,7H2,1-3H3,(H,14,15). The van der Waals surface area contributed by atoms with Crippen LogP contribution in [-0.2, 0) is 25.5 Å². The molecule has 1 amide bonds. The van der Waals surface area contributed by atoms with Gasteiger partial charge in [-0.25, -0.2) is 4.79 Å². The molecule has 0 unspecified atom stereocenters. The van der Waals surface area contributed by atoms with Crippen LogP contribution in [-0.4, -0.2) is 32.1 Å². The molecule has 0 aromatic heterocycles. The number of nitrogens with one attached hydrogen (secondary N) is 1. The third kappa shape index (κ3) is 4.09. The molecule has 1 rings (SSSR count). The summed E-state index contributed by atoms with van der Waals surface area (Å²) in [4.78, 5) is 33.9. The Morgan fingerprint density at radius 3 is 2.37 bits per heavy atom. The average Bonchev–Trinajstić information content (AvgIpc) is 2.37. The number of anilines is 1. The first kappa shape index (κ1) is 14.7. The summed E-state index contributed by atoms with van der Waals surface area (Å²) in [5.74, 6) is -1.27. The van der Waals surface area contributed by atoms with Crippen LogP contribution < -0.4 is 5.32 Å². The first-order valence-corrected chi connectivity index (χ1v) is 5.53. The van der Waals surface area contributed by atoms with E-state index in [4.69, 9.17) is 0 Å². The van der Waals surface area contributed by atoms with Gasteiger partial charge in [-0.3, -0.25) is 9.59 Å². The smallest absolute Gasteiger partial charge is 0.338 e. The molecule has 0 spiro atoms. The van der Waals surface area contributed by atoms with E-state index in [-0.39, 0.29) is 17.9 Å². The van der Waals surface area contributed by atoms with Gasteiger partial charge in [0.05, 0.1) is 26.2 Å². The number of carbonyl (C=O) groups is 3. The van der Waals surface area contributed by atoms with Gasteiger partial charge in [0.1, 0.15) is 0 Å². The van der Waals surface area contributed by atoms with Crippen molar-refractivity contribution >= 4 is 23.5 Å². The van der Waals surface area contributed by atoms with Gasteiger partial charge in [-0.1, -0.05) is 0 Å². The summed E-state index contributed by atoms with van der Waals surface area (Å²) in [5, 5.41) is 2.58. The maximum absolute atomic E-state index is 11.6. The second-order valence-electron chi connectivity index (χ2n) is 3.80. The molecule has 0 bridgehead atoms. The second kappa shape index (κ2) is 6.53. The van der Waals surface area contributed by atoms with Crippen LogP contribution in [0, 0.1) is 0 Å². The Kier molecular flexibility index (Phi) is 5.05. The van der Waals surface area contributed by atoms with Crippen molar-refractivity contribution in [2.45, 2.75) is 13.3 Å². The summed E-state index contributed by atoms with van der Waals surface area (Å²) in [6.07, 6.45) is -0.0750. The first-order valence-electron chi connectivity index (χ1n) is 5.53. The van der Waals surface area contributed by atoms with E-state index in [9.17, 15) is 14.4 Å². The SMILES string of the molecule is COC(=O)Cc1cc(NC(C)=O)ccc1C(=O)OC. The van der Waals surface area contributed by atoms with Crippen LogP contribution in [0.3, 0.4) is 0 Å². The van der Waals surface area contributed by atoms with E-state index in [1.54, 1.807) is 12.1 Å². The summed E-state index contributed by atoms with van der Waals surface area (Å²) >= 11 is 0. The largest absolute Gasteiger partial charge is 0.469 e. The molecule has 0 fully saturated rings. The van der Waals surface area contributed by atoms with Crippen molar-refractivity contribution in [3.63, 3.8) is 0 Å². The highest BCUT2D eigenvalue weighted by Gasteiger charge is 2.15. The fourth-order valence-corrected chi connectivity index (χ4v) is 1.56. The fourth-order valence-electron chi connectivity index (χ4n) is 1.56. The van der Waals surface area contributed by atoms with Crippen LogP contribution in [0.25, 0.3) is 0 Å². The van der Waals surface area contributed by atoms with Crippen molar-refractivity contribution in [2.24, 2.45) is 0 Å². The Morgan fingerprint density at radius 1 is 1.16 bits per heavy atom. The van der Waals surface area contributed by atoms with E-state index in [2.05, 4.69) is 14.8 Å². The van der Waals surface area contributed by atoms with Gasteiger partial charge in [0.2, 0.25) is 5.91 Å².